The summed E-state index contributed by atoms with van der Waals surface area (Å²) in [5.41, 5.74) is 2.52. The van der Waals surface area contributed by atoms with Gasteiger partial charge in [-0.1, -0.05) is 24.3 Å². The number of benzene rings is 2. The van der Waals surface area contributed by atoms with Gasteiger partial charge in [0.05, 0.1) is 4.92 Å². The summed E-state index contributed by atoms with van der Waals surface area (Å²) in [5.74, 6) is 0. The highest BCUT2D eigenvalue weighted by Crippen LogP contribution is 2.22. The summed E-state index contributed by atoms with van der Waals surface area (Å²) in [7, 11) is 0. The molecule has 0 fully saturated rings. The van der Waals surface area contributed by atoms with Crippen LogP contribution in [0.3, 0.4) is 0 Å². The number of carbonyl (C=O) groups excluding carboxylic acids is 1. The van der Waals surface area contributed by atoms with Crippen LogP contribution >= 0.6 is 0 Å². The van der Waals surface area contributed by atoms with Crippen LogP contribution in [0.5, 0.6) is 0 Å². The van der Waals surface area contributed by atoms with Crippen LogP contribution in [0.4, 0.5) is 21.9 Å². The van der Waals surface area contributed by atoms with Gasteiger partial charge in [0.25, 0.3) is 5.69 Å². The maximum atomic E-state index is 11.9. The zero-order chi connectivity index (χ0) is 15.4. The summed E-state index contributed by atoms with van der Waals surface area (Å²) >= 11 is 0. The summed E-state index contributed by atoms with van der Waals surface area (Å²) in [6.45, 7) is 3.53. The number of rotatable bonds is 3. The molecule has 0 aromatic heterocycles. The second-order valence-corrected chi connectivity index (χ2v) is 4.65. The lowest BCUT2D eigenvalue weighted by molar-refractivity contribution is -0.385. The molecule has 0 aliphatic carbocycles. The zero-order valence-electron chi connectivity index (χ0n) is 11.7. The number of amides is 2. The van der Waals surface area contributed by atoms with Gasteiger partial charge in [0.15, 0.2) is 0 Å². The van der Waals surface area contributed by atoms with Gasteiger partial charge in [-0.2, -0.15) is 0 Å². The van der Waals surface area contributed by atoms with Gasteiger partial charge < -0.3 is 10.6 Å². The maximum absolute atomic E-state index is 11.9. The van der Waals surface area contributed by atoms with Crippen molar-refractivity contribution in [3.8, 4) is 0 Å². The van der Waals surface area contributed by atoms with E-state index >= 15 is 0 Å². The topological polar surface area (TPSA) is 84.3 Å². The van der Waals surface area contributed by atoms with Crippen LogP contribution in [0, 0.1) is 24.0 Å². The van der Waals surface area contributed by atoms with Gasteiger partial charge in [0, 0.05) is 23.0 Å². The Bertz CT molecular complexity index is 698. The van der Waals surface area contributed by atoms with E-state index in [2.05, 4.69) is 10.6 Å². The molecule has 0 radical (unpaired) electrons. The van der Waals surface area contributed by atoms with Crippen molar-refractivity contribution < 1.29 is 9.72 Å². The lowest BCUT2D eigenvalue weighted by Crippen LogP contribution is -2.20. The minimum Gasteiger partial charge on any atom is -0.307 e. The third-order valence-corrected chi connectivity index (χ3v) is 3.06. The van der Waals surface area contributed by atoms with Gasteiger partial charge in [0.2, 0.25) is 0 Å². The Morgan fingerprint density at radius 1 is 1.05 bits per heavy atom. The molecule has 0 saturated carbocycles. The van der Waals surface area contributed by atoms with E-state index in [1.165, 1.54) is 6.07 Å². The second-order valence-electron chi connectivity index (χ2n) is 4.65. The van der Waals surface area contributed by atoms with E-state index in [9.17, 15) is 14.9 Å². The Kier molecular flexibility index (Phi) is 4.18. The number of nitrogens with zero attached hydrogens (tertiary/aromatic N) is 1. The maximum Gasteiger partial charge on any atom is 0.323 e. The minimum absolute atomic E-state index is 0.0244. The van der Waals surface area contributed by atoms with Gasteiger partial charge in [-0.3, -0.25) is 10.1 Å². The van der Waals surface area contributed by atoms with Crippen LogP contribution in [0.2, 0.25) is 0 Å². The van der Waals surface area contributed by atoms with Gasteiger partial charge in [-0.15, -0.1) is 0 Å². The molecule has 2 rings (SSSR count). The molecule has 0 saturated heterocycles. The minimum atomic E-state index is -0.472. The number of para-hydroxylation sites is 1. The zero-order valence-corrected chi connectivity index (χ0v) is 11.7. The quantitative estimate of drug-likeness (QED) is 0.663. The number of urea groups is 1. The molecule has 6 heteroatoms. The molecular formula is C15H15N3O3. The molecule has 2 N–H and O–H groups in total. The van der Waals surface area contributed by atoms with E-state index in [1.54, 1.807) is 25.1 Å². The van der Waals surface area contributed by atoms with Crippen molar-refractivity contribution in [2.75, 3.05) is 10.6 Å². The van der Waals surface area contributed by atoms with Gasteiger partial charge in [-0.25, -0.2) is 4.79 Å². The number of nitrogens with one attached hydrogen (secondary N) is 2. The fourth-order valence-electron chi connectivity index (χ4n) is 1.88. The smallest absolute Gasteiger partial charge is 0.307 e. The summed E-state index contributed by atoms with van der Waals surface area (Å²) in [4.78, 5) is 22.3. The predicted molar refractivity (Wildman–Crippen MR) is 81.7 cm³/mol. The van der Waals surface area contributed by atoms with Crippen molar-refractivity contribution in [1.82, 2.24) is 0 Å². The van der Waals surface area contributed by atoms with Crippen molar-refractivity contribution in [3.63, 3.8) is 0 Å². The van der Waals surface area contributed by atoms with Gasteiger partial charge in [-0.05, 0) is 31.5 Å². The van der Waals surface area contributed by atoms with E-state index in [4.69, 9.17) is 0 Å². The summed E-state index contributed by atoms with van der Waals surface area (Å²) < 4.78 is 0. The molecule has 0 heterocycles. The molecule has 0 aliphatic rings. The lowest BCUT2D eigenvalue weighted by atomic mass is 10.2. The van der Waals surface area contributed by atoms with Gasteiger partial charge >= 0.3 is 6.03 Å². The van der Waals surface area contributed by atoms with Crippen LogP contribution in [-0.2, 0) is 0 Å². The van der Waals surface area contributed by atoms with Crippen molar-refractivity contribution in [3.05, 3.63) is 63.7 Å². The summed E-state index contributed by atoms with van der Waals surface area (Å²) in [6, 6.07) is 11.5. The van der Waals surface area contributed by atoms with E-state index in [0.717, 1.165) is 5.56 Å². The second kappa shape index (κ2) is 6.04. The Balaban J connectivity index is 2.12. The highest BCUT2D eigenvalue weighted by atomic mass is 16.6. The molecule has 0 spiro atoms. The average molecular weight is 285 g/mol. The number of hydrogen-bond acceptors (Lipinski definition) is 3. The van der Waals surface area contributed by atoms with Crippen LogP contribution < -0.4 is 10.6 Å². The van der Waals surface area contributed by atoms with Crippen molar-refractivity contribution in [2.24, 2.45) is 0 Å². The van der Waals surface area contributed by atoms with E-state index < -0.39 is 11.0 Å². The Labute approximate surface area is 121 Å². The largest absolute Gasteiger partial charge is 0.323 e. The SMILES string of the molecule is Cc1ccccc1NC(=O)Nc1ccc(C)c([N+](=O)[O-])c1. The van der Waals surface area contributed by atoms with E-state index in [0.29, 0.717) is 16.9 Å². The Morgan fingerprint density at radius 3 is 2.43 bits per heavy atom. The first kappa shape index (κ1) is 14.5. The lowest BCUT2D eigenvalue weighted by Gasteiger charge is -2.10. The molecule has 0 bridgehead atoms. The average Bonchev–Trinajstić information content (AvgIpc) is 2.43. The number of hydrogen-bond donors (Lipinski definition) is 2. The number of nitro benzene ring substituents is 1. The number of aryl methyl sites for hydroxylation is 2. The van der Waals surface area contributed by atoms with E-state index in [-0.39, 0.29) is 5.69 Å². The standard InChI is InChI=1S/C15H15N3O3/c1-10-5-3-4-6-13(10)17-15(19)16-12-8-7-11(2)14(9-12)18(20)21/h3-9H,1-2H3,(H2,16,17,19). The fraction of sp³-hybridized carbons (Fsp3) is 0.133. The van der Waals surface area contributed by atoms with E-state index in [1.807, 2.05) is 25.1 Å². The predicted octanol–water partition coefficient (Wildman–Crippen LogP) is 3.86. The first-order valence-electron chi connectivity index (χ1n) is 6.36. The monoisotopic (exact) mass is 285 g/mol. The number of carbonyl (C=O) groups is 1. The fourth-order valence-corrected chi connectivity index (χ4v) is 1.88. The third kappa shape index (κ3) is 3.56. The first-order chi connectivity index (χ1) is 9.97. The van der Waals surface area contributed by atoms with Gasteiger partial charge in [0.1, 0.15) is 0 Å². The van der Waals surface area contributed by atoms with Crippen LogP contribution in [0.25, 0.3) is 0 Å². The highest BCUT2D eigenvalue weighted by Gasteiger charge is 2.12. The molecule has 0 atom stereocenters. The molecule has 0 aliphatic heterocycles. The highest BCUT2D eigenvalue weighted by molar-refractivity contribution is 6.00. The van der Waals surface area contributed by atoms with Crippen LogP contribution in [0.1, 0.15) is 11.1 Å². The normalized spacial score (nSPS) is 10.0. The van der Waals surface area contributed by atoms with Crippen molar-refractivity contribution >= 4 is 23.1 Å². The van der Waals surface area contributed by atoms with Crippen LogP contribution in [-0.4, -0.2) is 11.0 Å². The summed E-state index contributed by atoms with van der Waals surface area (Å²) in [5, 5.41) is 16.2. The van der Waals surface area contributed by atoms with Crippen LogP contribution in [0.15, 0.2) is 42.5 Å². The molecule has 6 nitrogen and oxygen atoms in total. The molecule has 2 aromatic carbocycles. The number of anilines is 2. The third-order valence-electron chi connectivity index (χ3n) is 3.06. The summed E-state index contributed by atoms with van der Waals surface area (Å²) in [6.07, 6.45) is 0. The van der Waals surface area contributed by atoms with Crippen molar-refractivity contribution in [1.29, 1.82) is 0 Å². The first-order valence-corrected chi connectivity index (χ1v) is 6.36. The number of nitro groups is 1. The molecule has 21 heavy (non-hydrogen) atoms. The van der Waals surface area contributed by atoms with Crippen molar-refractivity contribution in [2.45, 2.75) is 13.8 Å². The molecular weight excluding hydrogens is 270 g/mol. The Morgan fingerprint density at radius 2 is 1.76 bits per heavy atom. The molecule has 2 aromatic rings. The molecule has 0 unspecified atom stereocenters. The molecule has 108 valence electrons. The Hall–Kier alpha value is -2.89. The molecule has 2 amide bonds.